The van der Waals surface area contributed by atoms with E-state index in [1.54, 1.807) is 0 Å². The number of ketones is 1. The maximum atomic E-state index is 12.9. The second-order valence-corrected chi connectivity index (χ2v) is 18.0. The summed E-state index contributed by atoms with van der Waals surface area (Å²) in [4.78, 5) is 21.6. The topological polar surface area (TPSA) is 50.3 Å². The summed E-state index contributed by atoms with van der Waals surface area (Å²) in [7, 11) is 4.13. The van der Waals surface area contributed by atoms with Crippen molar-refractivity contribution >= 4 is 28.6 Å². The fourth-order valence-electron chi connectivity index (χ4n) is 10.5. The van der Waals surface area contributed by atoms with Gasteiger partial charge in [0.2, 0.25) is 0 Å². The van der Waals surface area contributed by atoms with Gasteiger partial charge in [-0.2, -0.15) is 49.7 Å². The number of benzene rings is 8. The number of carbonyl (C=O) groups excluding carboxylic acids is 1. The molecule has 1 N–H and O–H groups in total. The number of allylic oxidation sites excluding steroid dienone is 2. The maximum Gasteiger partial charge on any atom is 0.159 e. The Morgan fingerprint density at radius 3 is 1.33 bits per heavy atom. The molecule has 0 amide bonds. The second-order valence-electron chi connectivity index (χ2n) is 18.0. The number of fused-ring (bicyclic) bond motifs is 12. The first-order valence-electron chi connectivity index (χ1n) is 23.1. The van der Waals surface area contributed by atoms with Crippen LogP contribution in [0.1, 0.15) is 30.0 Å². The van der Waals surface area contributed by atoms with Crippen molar-refractivity contribution in [1.82, 2.24) is 9.80 Å². The summed E-state index contributed by atoms with van der Waals surface area (Å²) < 4.78 is 0. The zero-order chi connectivity index (χ0) is 46.0. The predicted octanol–water partition coefficient (Wildman–Crippen LogP) is 14.3. The number of anilines is 2. The number of aliphatic hydroxyl groups excluding tert-OH is 1. The van der Waals surface area contributed by atoms with E-state index in [4.69, 9.17) is 0 Å². The number of rotatable bonds is 9. The molecule has 0 spiro atoms. The normalized spacial score (nSPS) is 14.2. The summed E-state index contributed by atoms with van der Waals surface area (Å²) in [6.45, 7) is 5.78. The van der Waals surface area contributed by atoms with Gasteiger partial charge < -0.3 is 24.7 Å². The van der Waals surface area contributed by atoms with Crippen LogP contribution in [-0.4, -0.2) is 34.8 Å². The van der Waals surface area contributed by atoms with Crippen molar-refractivity contribution in [1.29, 1.82) is 0 Å². The van der Waals surface area contributed by atoms with Crippen LogP contribution >= 0.6 is 0 Å². The first kappa shape index (κ1) is 43.8. The molecular weight excluding hydrogens is 1020 g/mol. The minimum atomic E-state index is -0.102. The molecule has 0 fully saturated rings. The van der Waals surface area contributed by atoms with E-state index in [1.807, 2.05) is 6.07 Å². The van der Waals surface area contributed by atoms with Crippen LogP contribution in [-0.2, 0) is 31.3 Å². The molecule has 0 aromatic heterocycles. The number of aliphatic hydroxyl groups is 1. The van der Waals surface area contributed by atoms with Crippen molar-refractivity contribution in [3.8, 4) is 77.9 Å². The van der Waals surface area contributed by atoms with Crippen molar-refractivity contribution in [2.45, 2.75) is 19.8 Å². The van der Waals surface area contributed by atoms with Crippen LogP contribution in [0.5, 0.6) is 0 Å². The van der Waals surface area contributed by atoms with Crippen molar-refractivity contribution < 1.29 is 30.0 Å². The number of hydrogen-bond acceptors (Lipinski definition) is 6. The van der Waals surface area contributed by atoms with Crippen molar-refractivity contribution in [2.24, 2.45) is 0 Å². The Morgan fingerprint density at radius 1 is 0.507 bits per heavy atom. The smallest absolute Gasteiger partial charge is 0.159 e. The summed E-state index contributed by atoms with van der Waals surface area (Å²) in [5.74, 6) is -0.0820. The zero-order valence-electron chi connectivity index (χ0n) is 38.4. The van der Waals surface area contributed by atoms with E-state index < -0.39 is 0 Å². The molecule has 4 aliphatic rings. The van der Waals surface area contributed by atoms with Gasteiger partial charge in [-0.05, 0) is 108 Å². The van der Waals surface area contributed by atoms with E-state index in [-0.39, 0.29) is 38.1 Å². The van der Waals surface area contributed by atoms with Gasteiger partial charge in [0, 0.05) is 44.0 Å². The Hall–Kier alpha value is -7.70. The Labute approximate surface area is 417 Å². The number of nitrogens with zero attached hydrogens (tertiary/aromatic N) is 4. The van der Waals surface area contributed by atoms with Crippen molar-refractivity contribution in [2.75, 3.05) is 23.9 Å². The largest absolute Gasteiger partial charge is 0.512 e. The SMILES string of the molecule is C/C(O)=C/C(=O)CCc1ccccc1-c1cc(-c2ccccc2-c2c[c-]c3c(c2)-c2ccccc2C2=CN(C)[CH-]N23)cc(-c2ccccc2-c2c[c-]c3c(c2)-c2ccccc2C2=CN(C)[CH-]N23)c1.[Ir]. The molecule has 339 valence electrons. The zero-order valence-corrected chi connectivity index (χ0v) is 40.8. The Morgan fingerprint density at radius 2 is 0.884 bits per heavy atom. The fraction of sp³-hybridized carbons (Fsp3) is 0.0806. The molecule has 4 aliphatic heterocycles. The van der Waals surface area contributed by atoms with Gasteiger partial charge in [-0.3, -0.25) is 4.79 Å². The summed E-state index contributed by atoms with van der Waals surface area (Å²) in [5, 5.41) is 9.86. The minimum Gasteiger partial charge on any atom is -0.512 e. The van der Waals surface area contributed by atoms with E-state index in [2.05, 4.69) is 229 Å². The minimum absolute atomic E-state index is 0. The Kier molecular flexibility index (Phi) is 11.3. The molecule has 0 atom stereocenters. The van der Waals surface area contributed by atoms with Gasteiger partial charge in [0.05, 0.1) is 5.76 Å². The van der Waals surface area contributed by atoms with Crippen molar-refractivity contribution in [3.05, 3.63) is 230 Å². The Balaban J connectivity index is 0.00000520. The van der Waals surface area contributed by atoms with Gasteiger partial charge in [-0.25, -0.2) is 0 Å². The van der Waals surface area contributed by atoms with E-state index in [0.717, 1.165) is 95.1 Å². The third kappa shape index (κ3) is 7.78. The van der Waals surface area contributed by atoms with E-state index in [9.17, 15) is 9.90 Å². The monoisotopic (exact) mass is 1070 g/mol. The summed E-state index contributed by atoms with van der Waals surface area (Å²) in [6, 6.07) is 66.3. The molecule has 7 heteroatoms. The fourth-order valence-corrected chi connectivity index (χ4v) is 10.5. The second kappa shape index (κ2) is 17.7. The predicted molar refractivity (Wildman–Crippen MR) is 277 cm³/mol. The van der Waals surface area contributed by atoms with Gasteiger partial charge in [0.1, 0.15) is 0 Å². The first-order chi connectivity index (χ1) is 33.3. The third-order valence-corrected chi connectivity index (χ3v) is 13.4. The molecule has 12 rings (SSSR count). The van der Waals surface area contributed by atoms with Gasteiger partial charge in [-0.1, -0.05) is 155 Å². The van der Waals surface area contributed by atoms with Gasteiger partial charge in [0.25, 0.3) is 0 Å². The molecule has 0 saturated heterocycles. The van der Waals surface area contributed by atoms with Gasteiger partial charge >= 0.3 is 0 Å². The molecule has 8 aromatic rings. The molecule has 1 radical (unpaired) electrons. The van der Waals surface area contributed by atoms with E-state index in [1.165, 1.54) is 35.3 Å². The molecule has 0 unspecified atom stereocenters. The van der Waals surface area contributed by atoms with Gasteiger partial charge in [0.15, 0.2) is 5.78 Å². The van der Waals surface area contributed by atoms with Gasteiger partial charge in [-0.15, -0.1) is 22.3 Å². The van der Waals surface area contributed by atoms with E-state index >= 15 is 0 Å². The molecule has 8 aromatic carbocycles. The number of hydrogen-bond donors (Lipinski definition) is 1. The number of carbonyl (C=O) groups is 1. The molecule has 6 nitrogen and oxygen atoms in total. The van der Waals surface area contributed by atoms with Crippen molar-refractivity contribution in [3.63, 3.8) is 0 Å². The quantitative estimate of drug-likeness (QED) is 0.0883. The van der Waals surface area contributed by atoms with Crippen LogP contribution in [0.15, 0.2) is 188 Å². The molecule has 4 heterocycles. The molecule has 0 bridgehead atoms. The van der Waals surface area contributed by atoms with Crippen LogP contribution in [0.4, 0.5) is 11.4 Å². The van der Waals surface area contributed by atoms with E-state index in [0.29, 0.717) is 6.42 Å². The summed E-state index contributed by atoms with van der Waals surface area (Å²) >= 11 is 0. The van der Waals surface area contributed by atoms with Crippen LogP contribution in [0.2, 0.25) is 0 Å². The van der Waals surface area contributed by atoms with Crippen LogP contribution in [0.25, 0.3) is 89.3 Å². The average molecular weight is 1070 g/mol. The molecule has 0 aliphatic carbocycles. The standard InChI is InChI=1S/C62H46N4O2.Ir/c1-40(67)30-47(68)27-24-41-14-4-5-15-48(41)44-31-45(51-18-8-6-16-49(51)42-25-28-59-57(34-42)53-20-10-12-22-55(53)61-36-63(2)38-65(59)61)33-46(32-44)52-19-9-7-17-50(52)43-26-29-60-58(35-43)54-21-11-13-23-56(54)62-37-64(3)39-66(60)62;/h4-23,25-26,30-39,67H,24,27H2,1-3H3;/q-4;/b40-30-;. The van der Waals surface area contributed by atoms with Crippen LogP contribution in [0, 0.1) is 25.5 Å². The molecular formula is C62H46IrN4O2-4. The third-order valence-electron chi connectivity index (χ3n) is 13.4. The maximum absolute atomic E-state index is 12.9. The molecule has 0 saturated carbocycles. The molecule has 69 heavy (non-hydrogen) atoms. The van der Waals surface area contributed by atoms with Crippen LogP contribution in [0.3, 0.4) is 0 Å². The van der Waals surface area contributed by atoms with Crippen LogP contribution < -0.4 is 9.80 Å². The number of aryl methyl sites for hydroxylation is 1. The first-order valence-corrected chi connectivity index (χ1v) is 23.1. The summed E-state index contributed by atoms with van der Waals surface area (Å²) in [5.41, 5.74) is 23.3. The Bertz CT molecular complexity index is 3290. The average Bonchev–Trinajstić information content (AvgIpc) is 3.98. The summed E-state index contributed by atoms with van der Waals surface area (Å²) in [6.07, 6.45) is 6.48.